The van der Waals surface area contributed by atoms with Crippen LogP contribution in [0.3, 0.4) is 0 Å². The molecule has 0 aliphatic rings. The Hall–Kier alpha value is -2.93. The zero-order chi connectivity index (χ0) is 18.5. The molecular weight excluding hydrogens is 359 g/mol. The minimum Gasteiger partial charge on any atom is -0.467 e. The molecule has 0 saturated carbocycles. The molecule has 0 amide bonds. The molecule has 6 nitrogen and oxygen atoms in total. The summed E-state index contributed by atoms with van der Waals surface area (Å²) < 4.78 is 18.9. The van der Waals surface area contributed by atoms with Gasteiger partial charge >= 0.3 is 6.01 Å². The Bertz CT molecular complexity index is 937. The van der Waals surface area contributed by atoms with E-state index in [-0.39, 0.29) is 17.4 Å². The average Bonchev–Trinajstić information content (AvgIpc) is 2.65. The molecular formula is C18H16ClFN4O2. The van der Waals surface area contributed by atoms with Crippen molar-refractivity contribution in [3.63, 3.8) is 0 Å². The lowest BCUT2D eigenvalue weighted by Crippen LogP contribution is -2.10. The van der Waals surface area contributed by atoms with E-state index in [1.54, 1.807) is 30.6 Å². The highest BCUT2D eigenvalue weighted by Crippen LogP contribution is 2.26. The number of ether oxygens (including phenoxy) is 1. The molecule has 0 aliphatic carbocycles. The SMILES string of the molecule is COc1ncc(NCCc2c(F)cccc2Cl)c(-c2ccc(=O)[nH]c2)n1. The minimum atomic E-state index is -0.342. The number of benzene rings is 1. The molecule has 0 saturated heterocycles. The lowest BCUT2D eigenvalue weighted by Gasteiger charge is -2.12. The Morgan fingerprint density at radius 2 is 2.15 bits per heavy atom. The summed E-state index contributed by atoms with van der Waals surface area (Å²) in [4.78, 5) is 22.3. The van der Waals surface area contributed by atoms with Crippen molar-refractivity contribution < 1.29 is 9.13 Å². The van der Waals surface area contributed by atoms with Crippen molar-refractivity contribution in [3.8, 4) is 17.3 Å². The summed E-state index contributed by atoms with van der Waals surface area (Å²) in [7, 11) is 1.47. The van der Waals surface area contributed by atoms with Crippen LogP contribution in [0.4, 0.5) is 10.1 Å². The molecule has 1 aromatic carbocycles. The van der Waals surface area contributed by atoms with Gasteiger partial charge in [-0.25, -0.2) is 9.37 Å². The number of aromatic amines is 1. The van der Waals surface area contributed by atoms with E-state index in [1.165, 1.54) is 19.2 Å². The Labute approximate surface area is 154 Å². The zero-order valence-corrected chi connectivity index (χ0v) is 14.7. The Morgan fingerprint density at radius 1 is 1.31 bits per heavy atom. The monoisotopic (exact) mass is 374 g/mol. The number of nitrogens with zero attached hydrogens (tertiary/aromatic N) is 2. The van der Waals surface area contributed by atoms with Gasteiger partial charge in [-0.2, -0.15) is 4.98 Å². The molecule has 3 rings (SSSR count). The van der Waals surface area contributed by atoms with Crippen molar-refractivity contribution in [2.75, 3.05) is 19.0 Å². The van der Waals surface area contributed by atoms with Gasteiger partial charge in [-0.15, -0.1) is 0 Å². The highest BCUT2D eigenvalue weighted by molar-refractivity contribution is 6.31. The first kappa shape index (κ1) is 17.9. The number of pyridine rings is 1. The Balaban J connectivity index is 1.83. The molecule has 0 atom stereocenters. The van der Waals surface area contributed by atoms with Crippen LogP contribution < -0.4 is 15.6 Å². The minimum absolute atomic E-state index is 0.203. The lowest BCUT2D eigenvalue weighted by atomic mass is 10.1. The quantitative estimate of drug-likeness (QED) is 0.692. The van der Waals surface area contributed by atoms with Crippen LogP contribution in [-0.4, -0.2) is 28.6 Å². The predicted molar refractivity (Wildman–Crippen MR) is 98.2 cm³/mol. The lowest BCUT2D eigenvalue weighted by molar-refractivity contribution is 0.380. The van der Waals surface area contributed by atoms with Gasteiger partial charge in [0.25, 0.3) is 0 Å². The van der Waals surface area contributed by atoms with Gasteiger partial charge in [-0.1, -0.05) is 17.7 Å². The smallest absolute Gasteiger partial charge is 0.316 e. The molecule has 2 heterocycles. The zero-order valence-electron chi connectivity index (χ0n) is 13.9. The highest BCUT2D eigenvalue weighted by Gasteiger charge is 2.12. The van der Waals surface area contributed by atoms with E-state index in [0.717, 1.165) is 0 Å². The van der Waals surface area contributed by atoms with Gasteiger partial charge in [0.2, 0.25) is 5.56 Å². The van der Waals surface area contributed by atoms with E-state index in [9.17, 15) is 9.18 Å². The fourth-order valence-corrected chi connectivity index (χ4v) is 2.72. The maximum absolute atomic E-state index is 13.9. The summed E-state index contributed by atoms with van der Waals surface area (Å²) in [5.74, 6) is -0.342. The second-order valence-corrected chi connectivity index (χ2v) is 5.84. The largest absolute Gasteiger partial charge is 0.467 e. The normalized spacial score (nSPS) is 10.6. The fourth-order valence-electron chi connectivity index (χ4n) is 2.46. The summed E-state index contributed by atoms with van der Waals surface area (Å²) in [6, 6.07) is 7.87. The van der Waals surface area contributed by atoms with Crippen molar-refractivity contribution in [2.45, 2.75) is 6.42 Å². The molecule has 0 spiro atoms. The molecule has 0 bridgehead atoms. The highest BCUT2D eigenvalue weighted by atomic mass is 35.5. The molecule has 8 heteroatoms. The van der Waals surface area contributed by atoms with Crippen LogP contribution in [0.5, 0.6) is 6.01 Å². The van der Waals surface area contributed by atoms with Gasteiger partial charge < -0.3 is 15.0 Å². The third kappa shape index (κ3) is 4.00. The second-order valence-electron chi connectivity index (χ2n) is 5.44. The van der Waals surface area contributed by atoms with Crippen LogP contribution in [0.25, 0.3) is 11.3 Å². The van der Waals surface area contributed by atoms with Gasteiger partial charge in [-0.3, -0.25) is 4.79 Å². The summed E-state index contributed by atoms with van der Waals surface area (Å²) in [6.07, 6.45) is 3.53. The molecule has 2 N–H and O–H groups in total. The van der Waals surface area contributed by atoms with Crippen molar-refractivity contribution in [2.24, 2.45) is 0 Å². The first-order valence-electron chi connectivity index (χ1n) is 7.85. The summed E-state index contributed by atoms with van der Waals surface area (Å²) in [5, 5.41) is 3.57. The number of nitrogens with one attached hydrogen (secondary N) is 2. The van der Waals surface area contributed by atoms with E-state index in [4.69, 9.17) is 16.3 Å². The predicted octanol–water partition coefficient (Wildman–Crippen LogP) is 3.29. The summed E-state index contributed by atoms with van der Waals surface area (Å²) in [5.41, 5.74) is 2.12. The molecule has 0 unspecified atom stereocenters. The Kier molecular flexibility index (Phi) is 5.48. The van der Waals surface area contributed by atoms with Crippen LogP contribution in [0.15, 0.2) is 47.5 Å². The van der Waals surface area contributed by atoms with E-state index in [0.29, 0.717) is 40.5 Å². The van der Waals surface area contributed by atoms with Crippen LogP contribution in [0, 0.1) is 5.82 Å². The van der Waals surface area contributed by atoms with Crippen molar-refractivity contribution in [3.05, 3.63) is 69.5 Å². The van der Waals surface area contributed by atoms with E-state index >= 15 is 0 Å². The number of anilines is 1. The van der Waals surface area contributed by atoms with E-state index in [1.807, 2.05) is 0 Å². The van der Waals surface area contributed by atoms with E-state index < -0.39 is 0 Å². The van der Waals surface area contributed by atoms with Gasteiger partial charge in [0.15, 0.2) is 0 Å². The number of hydrogen-bond donors (Lipinski definition) is 2. The number of hydrogen-bond acceptors (Lipinski definition) is 5. The first-order valence-corrected chi connectivity index (χ1v) is 8.23. The summed E-state index contributed by atoms with van der Waals surface area (Å²) in [6.45, 7) is 0.423. The van der Waals surface area contributed by atoms with Crippen molar-refractivity contribution >= 4 is 17.3 Å². The van der Waals surface area contributed by atoms with E-state index in [2.05, 4.69) is 20.3 Å². The second kappa shape index (κ2) is 7.97. The molecule has 134 valence electrons. The van der Waals surface area contributed by atoms with Crippen LogP contribution in [-0.2, 0) is 6.42 Å². The maximum atomic E-state index is 13.9. The van der Waals surface area contributed by atoms with Gasteiger partial charge in [-0.05, 0) is 24.6 Å². The molecule has 0 radical (unpaired) electrons. The van der Waals surface area contributed by atoms with Crippen LogP contribution in [0.2, 0.25) is 5.02 Å². The third-order valence-corrected chi connectivity index (χ3v) is 4.11. The van der Waals surface area contributed by atoms with Crippen molar-refractivity contribution in [1.29, 1.82) is 0 Å². The van der Waals surface area contributed by atoms with Crippen molar-refractivity contribution in [1.82, 2.24) is 15.0 Å². The number of halogens is 2. The molecule has 2 aromatic heterocycles. The molecule has 0 fully saturated rings. The summed E-state index contributed by atoms with van der Waals surface area (Å²) >= 11 is 6.05. The first-order chi connectivity index (χ1) is 12.6. The van der Waals surface area contributed by atoms with Gasteiger partial charge in [0.05, 0.1) is 19.0 Å². The standard InChI is InChI=1S/C18H16ClFN4O2/c1-26-18-23-10-15(17(24-18)11-5-6-16(25)22-9-11)21-8-7-12-13(19)3-2-4-14(12)20/h2-6,9-10,21H,7-8H2,1H3,(H,22,25). The van der Waals surface area contributed by atoms with Gasteiger partial charge in [0.1, 0.15) is 11.5 Å². The number of rotatable bonds is 6. The average molecular weight is 375 g/mol. The molecule has 26 heavy (non-hydrogen) atoms. The number of methoxy groups -OCH3 is 1. The topological polar surface area (TPSA) is 79.9 Å². The molecule has 0 aliphatic heterocycles. The number of aromatic nitrogens is 3. The third-order valence-electron chi connectivity index (χ3n) is 3.76. The molecule has 3 aromatic rings. The van der Waals surface area contributed by atoms with Gasteiger partial charge in [0, 0.05) is 35.0 Å². The maximum Gasteiger partial charge on any atom is 0.316 e. The Morgan fingerprint density at radius 3 is 2.85 bits per heavy atom. The van der Waals surface area contributed by atoms with Crippen LogP contribution >= 0.6 is 11.6 Å². The number of H-pyrrole nitrogens is 1. The fraction of sp³-hybridized carbons (Fsp3) is 0.167. The van der Waals surface area contributed by atoms with Crippen LogP contribution in [0.1, 0.15) is 5.56 Å².